The molecule has 0 spiro atoms. The van der Waals surface area contributed by atoms with Gasteiger partial charge >= 0.3 is 5.97 Å². The van der Waals surface area contributed by atoms with Crippen LogP contribution in [0, 0.1) is 0 Å². The van der Waals surface area contributed by atoms with Crippen molar-refractivity contribution in [3.8, 4) is 11.5 Å². The zero-order valence-electron chi connectivity index (χ0n) is 8.32. The highest BCUT2D eigenvalue weighted by atomic mass is 35.5. The molecule has 0 saturated carbocycles. The van der Waals surface area contributed by atoms with Gasteiger partial charge < -0.3 is 14.9 Å². The summed E-state index contributed by atoms with van der Waals surface area (Å²) in [4.78, 5) is 10.8. The number of phenols is 1. The van der Waals surface area contributed by atoms with Gasteiger partial charge in [-0.3, -0.25) is 4.79 Å². The van der Waals surface area contributed by atoms with Crippen LogP contribution >= 0.6 is 11.6 Å². The summed E-state index contributed by atoms with van der Waals surface area (Å²) < 4.78 is 4.87. The van der Waals surface area contributed by atoms with E-state index in [4.69, 9.17) is 21.4 Å². The Kier molecular flexibility index (Phi) is 3.42. The van der Waals surface area contributed by atoms with Crippen LogP contribution in [0.3, 0.4) is 0 Å². The van der Waals surface area contributed by atoms with Crippen LogP contribution in [0.4, 0.5) is 0 Å². The van der Waals surface area contributed by atoms with Crippen molar-refractivity contribution in [3.63, 3.8) is 0 Å². The third-order valence-corrected chi connectivity index (χ3v) is 2.48. The van der Waals surface area contributed by atoms with Gasteiger partial charge in [-0.25, -0.2) is 0 Å². The van der Waals surface area contributed by atoms with Crippen molar-refractivity contribution in [2.24, 2.45) is 0 Å². The number of hydrogen-bond acceptors (Lipinski definition) is 3. The maximum atomic E-state index is 10.8. The van der Waals surface area contributed by atoms with Crippen LogP contribution in [0.2, 0.25) is 5.02 Å². The number of benzene rings is 1. The minimum atomic E-state index is -1.06. The van der Waals surface area contributed by atoms with Crippen LogP contribution in [-0.2, 0) is 4.79 Å². The molecule has 0 saturated heterocycles. The molecule has 0 aliphatic carbocycles. The van der Waals surface area contributed by atoms with Crippen LogP contribution < -0.4 is 4.74 Å². The second-order valence-electron chi connectivity index (χ2n) is 3.07. The molecular formula is C10H11ClO4. The van der Waals surface area contributed by atoms with Crippen molar-refractivity contribution in [1.82, 2.24) is 0 Å². The average molecular weight is 231 g/mol. The van der Waals surface area contributed by atoms with E-state index in [1.165, 1.54) is 26.2 Å². The van der Waals surface area contributed by atoms with Crippen LogP contribution in [0.15, 0.2) is 12.1 Å². The molecular weight excluding hydrogens is 220 g/mol. The summed E-state index contributed by atoms with van der Waals surface area (Å²) in [5.41, 5.74) is 0.170. The first kappa shape index (κ1) is 11.7. The van der Waals surface area contributed by atoms with E-state index in [2.05, 4.69) is 0 Å². The molecule has 0 radical (unpaired) electrons. The summed E-state index contributed by atoms with van der Waals surface area (Å²) in [5, 5.41) is 18.8. The summed E-state index contributed by atoms with van der Waals surface area (Å²) >= 11 is 5.82. The molecule has 4 nitrogen and oxygen atoms in total. The standard InChI is InChI=1S/C10H11ClO4/c1-5(10(13)14)8-6(11)3-4-7(15-2)9(8)12/h3-5,12H,1-2H3,(H,13,14). The number of aliphatic carboxylic acids is 1. The maximum Gasteiger partial charge on any atom is 0.310 e. The van der Waals surface area contributed by atoms with E-state index in [9.17, 15) is 9.90 Å². The van der Waals surface area contributed by atoms with Gasteiger partial charge in [-0.15, -0.1) is 0 Å². The van der Waals surface area contributed by atoms with Gasteiger partial charge in [-0.1, -0.05) is 11.6 Å². The Labute approximate surface area is 92.1 Å². The number of methoxy groups -OCH3 is 1. The molecule has 1 aromatic carbocycles. The van der Waals surface area contributed by atoms with E-state index >= 15 is 0 Å². The fourth-order valence-corrected chi connectivity index (χ4v) is 1.58. The van der Waals surface area contributed by atoms with E-state index in [-0.39, 0.29) is 22.1 Å². The molecule has 0 aromatic heterocycles. The first-order valence-corrected chi connectivity index (χ1v) is 4.65. The Bertz CT molecular complexity index is 389. The third kappa shape index (κ3) is 2.15. The largest absolute Gasteiger partial charge is 0.504 e. The second-order valence-corrected chi connectivity index (χ2v) is 3.48. The molecule has 2 N–H and O–H groups in total. The topological polar surface area (TPSA) is 66.8 Å². The maximum absolute atomic E-state index is 10.8. The molecule has 0 fully saturated rings. The molecule has 15 heavy (non-hydrogen) atoms. The first-order chi connectivity index (χ1) is 6.99. The van der Waals surface area contributed by atoms with Crippen molar-refractivity contribution in [3.05, 3.63) is 22.7 Å². The Balaban J connectivity index is 3.32. The number of phenolic OH excluding ortho intramolecular Hbond substituents is 1. The molecule has 0 heterocycles. The third-order valence-electron chi connectivity index (χ3n) is 2.15. The molecule has 1 atom stereocenters. The monoisotopic (exact) mass is 230 g/mol. The van der Waals surface area contributed by atoms with E-state index in [1.807, 2.05) is 0 Å². The summed E-state index contributed by atoms with van der Waals surface area (Å²) in [6, 6.07) is 2.98. The van der Waals surface area contributed by atoms with E-state index in [0.29, 0.717) is 0 Å². The molecule has 0 aliphatic rings. The fourth-order valence-electron chi connectivity index (χ4n) is 1.26. The first-order valence-electron chi connectivity index (χ1n) is 4.27. The highest BCUT2D eigenvalue weighted by Crippen LogP contribution is 2.39. The predicted molar refractivity (Wildman–Crippen MR) is 55.7 cm³/mol. The molecule has 1 aromatic rings. The minimum absolute atomic E-state index is 0.170. The lowest BCUT2D eigenvalue weighted by atomic mass is 10.00. The van der Waals surface area contributed by atoms with E-state index in [1.54, 1.807) is 0 Å². The number of halogens is 1. The van der Waals surface area contributed by atoms with E-state index in [0.717, 1.165) is 0 Å². The number of carboxylic acid groups (broad SMARTS) is 1. The Hall–Kier alpha value is -1.42. The molecule has 1 unspecified atom stereocenters. The van der Waals surface area contributed by atoms with Crippen molar-refractivity contribution in [2.45, 2.75) is 12.8 Å². The highest BCUT2D eigenvalue weighted by molar-refractivity contribution is 6.32. The van der Waals surface area contributed by atoms with Crippen LogP contribution in [0.5, 0.6) is 11.5 Å². The number of ether oxygens (including phenoxy) is 1. The van der Waals surface area contributed by atoms with Gasteiger partial charge in [0.2, 0.25) is 0 Å². The Morgan fingerprint density at radius 3 is 2.60 bits per heavy atom. The van der Waals surface area contributed by atoms with Gasteiger partial charge in [-0.05, 0) is 19.1 Å². The smallest absolute Gasteiger partial charge is 0.310 e. The highest BCUT2D eigenvalue weighted by Gasteiger charge is 2.23. The number of carboxylic acids is 1. The van der Waals surface area contributed by atoms with Crippen molar-refractivity contribution in [1.29, 1.82) is 0 Å². The van der Waals surface area contributed by atoms with Gasteiger partial charge in [0.05, 0.1) is 13.0 Å². The van der Waals surface area contributed by atoms with E-state index < -0.39 is 11.9 Å². The SMILES string of the molecule is COc1ccc(Cl)c(C(C)C(=O)O)c1O. The van der Waals surface area contributed by atoms with Crippen molar-refractivity contribution >= 4 is 17.6 Å². The molecule has 5 heteroatoms. The quantitative estimate of drug-likeness (QED) is 0.836. The van der Waals surface area contributed by atoms with Gasteiger partial charge in [0.25, 0.3) is 0 Å². The lowest BCUT2D eigenvalue weighted by Crippen LogP contribution is -2.08. The zero-order valence-corrected chi connectivity index (χ0v) is 9.08. The summed E-state index contributed by atoms with van der Waals surface area (Å²) in [6.07, 6.45) is 0. The van der Waals surface area contributed by atoms with Gasteiger partial charge in [0, 0.05) is 10.6 Å². The summed E-state index contributed by atoms with van der Waals surface area (Å²) in [6.45, 7) is 1.45. The fraction of sp³-hybridized carbons (Fsp3) is 0.300. The van der Waals surface area contributed by atoms with Gasteiger partial charge in [-0.2, -0.15) is 0 Å². The summed E-state index contributed by atoms with van der Waals surface area (Å²) in [7, 11) is 1.39. The van der Waals surface area contributed by atoms with Gasteiger partial charge in [0.15, 0.2) is 11.5 Å². The number of hydrogen-bond donors (Lipinski definition) is 2. The molecule has 82 valence electrons. The minimum Gasteiger partial charge on any atom is -0.504 e. The predicted octanol–water partition coefficient (Wildman–Crippen LogP) is 2.24. The lowest BCUT2D eigenvalue weighted by Gasteiger charge is -2.13. The van der Waals surface area contributed by atoms with Crippen LogP contribution in [0.25, 0.3) is 0 Å². The average Bonchev–Trinajstić information content (AvgIpc) is 2.17. The zero-order chi connectivity index (χ0) is 11.6. The molecule has 0 aliphatic heterocycles. The van der Waals surface area contributed by atoms with Crippen molar-refractivity contribution in [2.75, 3.05) is 7.11 Å². The summed E-state index contributed by atoms with van der Waals surface area (Å²) in [5.74, 6) is -1.95. The number of rotatable bonds is 3. The number of carbonyl (C=O) groups is 1. The molecule has 0 bridgehead atoms. The Morgan fingerprint density at radius 1 is 1.53 bits per heavy atom. The molecule has 1 rings (SSSR count). The van der Waals surface area contributed by atoms with Gasteiger partial charge in [0.1, 0.15) is 0 Å². The molecule has 0 amide bonds. The van der Waals surface area contributed by atoms with Crippen LogP contribution in [0.1, 0.15) is 18.4 Å². The second kappa shape index (κ2) is 4.40. The normalized spacial score (nSPS) is 12.2. The van der Waals surface area contributed by atoms with Crippen molar-refractivity contribution < 1.29 is 19.7 Å². The number of aromatic hydroxyl groups is 1. The lowest BCUT2D eigenvalue weighted by molar-refractivity contribution is -0.138. The Morgan fingerprint density at radius 2 is 2.13 bits per heavy atom. The van der Waals surface area contributed by atoms with Crippen LogP contribution in [-0.4, -0.2) is 23.3 Å².